The molecule has 1 aromatic carbocycles. The number of nitrogens with two attached hydrogens (primary N) is 1. The Bertz CT molecular complexity index is 987. The van der Waals surface area contributed by atoms with Crippen molar-refractivity contribution < 1.29 is 28.6 Å². The van der Waals surface area contributed by atoms with Crippen LogP contribution in [0, 0.1) is 23.0 Å². The highest BCUT2D eigenvalue weighted by atomic mass is 19.1. The summed E-state index contributed by atoms with van der Waals surface area (Å²) in [6.45, 7) is 8.40. The van der Waals surface area contributed by atoms with E-state index >= 15 is 0 Å². The fraction of sp³-hybridized carbons (Fsp3) is 0.571. The number of rotatable bonds is 14. The van der Waals surface area contributed by atoms with Gasteiger partial charge < -0.3 is 26.2 Å². The van der Waals surface area contributed by atoms with Crippen LogP contribution in [-0.4, -0.2) is 65.3 Å². The molecule has 0 aromatic heterocycles. The highest BCUT2D eigenvalue weighted by molar-refractivity contribution is 5.96. The Labute approximate surface area is 218 Å². The highest BCUT2D eigenvalue weighted by Crippen LogP contribution is 2.44. The third kappa shape index (κ3) is 7.93. The fourth-order valence-corrected chi connectivity index (χ4v) is 5.09. The topological polar surface area (TPSA) is 116 Å². The number of nitrogens with one attached hydrogen (secondary N) is 1. The van der Waals surface area contributed by atoms with Gasteiger partial charge in [-0.1, -0.05) is 31.6 Å². The highest BCUT2D eigenvalue weighted by Gasteiger charge is 2.48. The number of carbonyl (C=O) groups is 2. The van der Waals surface area contributed by atoms with Crippen molar-refractivity contribution in [2.75, 3.05) is 26.2 Å². The van der Waals surface area contributed by atoms with Gasteiger partial charge >= 0.3 is 0 Å². The maximum absolute atomic E-state index is 14.0. The first-order valence-electron chi connectivity index (χ1n) is 12.9. The first kappa shape index (κ1) is 30.6. The molecule has 5 N–H and O–H groups in total. The van der Waals surface area contributed by atoms with Gasteiger partial charge in [-0.2, -0.15) is 0 Å². The molecule has 7 nitrogen and oxygen atoms in total. The zero-order valence-corrected chi connectivity index (χ0v) is 22.3. The largest absolute Gasteiger partial charge is 0.395 e. The molecule has 0 radical (unpaired) electrons. The van der Waals surface area contributed by atoms with E-state index in [0.29, 0.717) is 24.2 Å². The molecule has 1 unspecified atom stereocenters. The van der Waals surface area contributed by atoms with Crippen LogP contribution in [-0.2, 0) is 16.0 Å². The predicted octanol–water partition coefficient (Wildman–Crippen LogP) is 2.85. The number of amides is 2. The Morgan fingerprint density at radius 1 is 1.16 bits per heavy atom. The van der Waals surface area contributed by atoms with Crippen LogP contribution in [0.1, 0.15) is 52.5 Å². The number of aliphatic hydroxyl groups is 2. The van der Waals surface area contributed by atoms with Crippen molar-refractivity contribution in [2.45, 2.75) is 65.5 Å². The Kier molecular flexibility index (Phi) is 11.4. The second-order valence-corrected chi connectivity index (χ2v) is 10.1. The molecule has 206 valence electrons. The smallest absolute Gasteiger partial charge is 0.249 e. The van der Waals surface area contributed by atoms with E-state index in [-0.39, 0.29) is 43.5 Å². The summed E-state index contributed by atoms with van der Waals surface area (Å²) in [6, 6.07) is 2.74. The van der Waals surface area contributed by atoms with Gasteiger partial charge in [0.2, 0.25) is 11.8 Å². The number of primary amides is 1. The molecule has 0 bridgehead atoms. The normalized spacial score (nSPS) is 20.0. The maximum Gasteiger partial charge on any atom is 0.249 e. The summed E-state index contributed by atoms with van der Waals surface area (Å²) in [5, 5.41) is 23.7. The molecule has 1 aliphatic carbocycles. The first-order chi connectivity index (χ1) is 17.5. The van der Waals surface area contributed by atoms with Crippen LogP contribution in [0.15, 0.2) is 41.5 Å². The molecule has 0 spiro atoms. The Morgan fingerprint density at radius 2 is 1.76 bits per heavy atom. The SMILES string of the molecule is CCCN(CCC)C(=O)C1=CC(C)=CC(C(N)=O)([C@H](Cc2cc(F)cc(F)c2)[C@@H](O)CN[C@H](C)CO)C1. The van der Waals surface area contributed by atoms with Gasteiger partial charge in [-0.15, -0.1) is 0 Å². The number of aliphatic hydroxyl groups excluding tert-OH is 2. The second kappa shape index (κ2) is 13.8. The molecule has 2 amide bonds. The van der Waals surface area contributed by atoms with Gasteiger partial charge in [-0.25, -0.2) is 8.78 Å². The molecular weight excluding hydrogens is 480 g/mol. The lowest BCUT2D eigenvalue weighted by atomic mass is 9.63. The minimum absolute atomic E-state index is 0.00308. The van der Waals surface area contributed by atoms with Crippen molar-refractivity contribution in [1.29, 1.82) is 0 Å². The summed E-state index contributed by atoms with van der Waals surface area (Å²) in [5.41, 5.74) is 5.81. The van der Waals surface area contributed by atoms with Gasteiger partial charge in [-0.05, 0) is 57.2 Å². The Hall–Kier alpha value is -2.62. The van der Waals surface area contributed by atoms with Crippen LogP contribution < -0.4 is 11.1 Å². The van der Waals surface area contributed by atoms with Crippen molar-refractivity contribution >= 4 is 11.8 Å². The van der Waals surface area contributed by atoms with E-state index in [9.17, 15) is 28.6 Å². The number of carbonyl (C=O) groups excluding carboxylic acids is 2. The number of hydrogen-bond acceptors (Lipinski definition) is 5. The standard InChI is InChI=1S/C28H41F2N3O4/c1-5-7-33(8-6-2)26(36)21-9-18(3)14-28(15-21,27(31)37)24(25(35)16-32-19(4)17-34)12-20-10-22(29)13-23(30)11-20/h9-11,13-14,19,24-25,32,34-35H,5-8,12,15-17H2,1-4H3,(H2,31,37)/t19-,24-,25+,28?/m1/s1. The van der Waals surface area contributed by atoms with Crippen LogP contribution >= 0.6 is 0 Å². The lowest BCUT2D eigenvalue weighted by Gasteiger charge is -2.42. The van der Waals surface area contributed by atoms with E-state index in [0.717, 1.165) is 31.0 Å². The molecule has 1 aliphatic rings. The van der Waals surface area contributed by atoms with E-state index in [4.69, 9.17) is 5.73 Å². The third-order valence-electron chi connectivity index (χ3n) is 6.83. The van der Waals surface area contributed by atoms with Crippen molar-refractivity contribution in [3.05, 3.63) is 58.7 Å². The van der Waals surface area contributed by atoms with Crippen LogP contribution in [0.4, 0.5) is 8.78 Å². The zero-order valence-electron chi connectivity index (χ0n) is 22.3. The van der Waals surface area contributed by atoms with E-state index < -0.39 is 35.0 Å². The zero-order chi connectivity index (χ0) is 27.8. The third-order valence-corrected chi connectivity index (χ3v) is 6.83. The van der Waals surface area contributed by atoms with Gasteiger partial charge in [0.1, 0.15) is 11.6 Å². The minimum atomic E-state index is -1.49. The monoisotopic (exact) mass is 521 g/mol. The van der Waals surface area contributed by atoms with Gasteiger partial charge in [-0.3, -0.25) is 9.59 Å². The summed E-state index contributed by atoms with van der Waals surface area (Å²) in [5.74, 6) is -3.40. The van der Waals surface area contributed by atoms with E-state index in [1.165, 1.54) is 0 Å². The Balaban J connectivity index is 2.55. The van der Waals surface area contributed by atoms with E-state index in [1.807, 2.05) is 13.8 Å². The average molecular weight is 522 g/mol. The summed E-state index contributed by atoms with van der Waals surface area (Å²) in [6.07, 6.45) is 3.65. The fourth-order valence-electron chi connectivity index (χ4n) is 5.09. The molecule has 0 heterocycles. The van der Waals surface area contributed by atoms with Crippen LogP contribution in [0.25, 0.3) is 0 Å². The molecule has 4 atom stereocenters. The van der Waals surface area contributed by atoms with E-state index in [1.54, 1.807) is 30.9 Å². The summed E-state index contributed by atoms with van der Waals surface area (Å²) >= 11 is 0. The molecular formula is C28H41F2N3O4. The lowest BCUT2D eigenvalue weighted by Crippen LogP contribution is -2.52. The van der Waals surface area contributed by atoms with Crippen LogP contribution in [0.3, 0.4) is 0 Å². The van der Waals surface area contributed by atoms with E-state index in [2.05, 4.69) is 5.32 Å². The number of halogens is 2. The minimum Gasteiger partial charge on any atom is -0.395 e. The van der Waals surface area contributed by atoms with Crippen molar-refractivity contribution in [2.24, 2.45) is 17.1 Å². The summed E-state index contributed by atoms with van der Waals surface area (Å²) < 4.78 is 28.1. The lowest BCUT2D eigenvalue weighted by molar-refractivity contribution is -0.132. The van der Waals surface area contributed by atoms with Gasteiger partial charge in [0.25, 0.3) is 0 Å². The van der Waals surface area contributed by atoms with Gasteiger partial charge in [0, 0.05) is 43.2 Å². The molecule has 2 rings (SSSR count). The summed E-state index contributed by atoms with van der Waals surface area (Å²) in [7, 11) is 0. The Morgan fingerprint density at radius 3 is 2.27 bits per heavy atom. The predicted molar refractivity (Wildman–Crippen MR) is 139 cm³/mol. The van der Waals surface area contributed by atoms with Gasteiger partial charge in [0.05, 0.1) is 18.1 Å². The van der Waals surface area contributed by atoms with Crippen molar-refractivity contribution in [3.8, 4) is 0 Å². The molecule has 0 aliphatic heterocycles. The first-order valence-corrected chi connectivity index (χ1v) is 12.9. The quantitative estimate of drug-likeness (QED) is 0.301. The second-order valence-electron chi connectivity index (χ2n) is 10.1. The average Bonchev–Trinajstić information content (AvgIpc) is 2.83. The molecule has 37 heavy (non-hydrogen) atoms. The number of benzene rings is 1. The molecule has 1 aromatic rings. The van der Waals surface area contributed by atoms with Gasteiger partial charge in [0.15, 0.2) is 0 Å². The molecule has 0 fully saturated rings. The number of nitrogens with zero attached hydrogens (tertiary/aromatic N) is 1. The molecule has 9 heteroatoms. The molecule has 0 saturated carbocycles. The van der Waals surface area contributed by atoms with Crippen LogP contribution in [0.5, 0.6) is 0 Å². The number of allylic oxidation sites excluding steroid dienone is 2. The van der Waals surface area contributed by atoms with Crippen molar-refractivity contribution in [3.63, 3.8) is 0 Å². The van der Waals surface area contributed by atoms with Crippen LogP contribution in [0.2, 0.25) is 0 Å². The number of hydrogen-bond donors (Lipinski definition) is 4. The maximum atomic E-state index is 14.0. The summed E-state index contributed by atoms with van der Waals surface area (Å²) in [4.78, 5) is 28.4. The van der Waals surface area contributed by atoms with Crippen molar-refractivity contribution in [1.82, 2.24) is 10.2 Å². The molecule has 0 saturated heterocycles.